The topological polar surface area (TPSA) is 91.0 Å². The molecule has 2 N–H and O–H groups in total. The van der Waals surface area contributed by atoms with E-state index in [0.717, 1.165) is 12.0 Å². The number of hydrogen-bond acceptors (Lipinski definition) is 5. The fraction of sp³-hybridized carbons (Fsp3) is 0.400. The summed E-state index contributed by atoms with van der Waals surface area (Å²) in [4.78, 5) is 41.0. The standard InChI is InChI=1S/C25H32N4O4/c1-4-19-6-8-20(9-7-19)25(32)29-13-11-28(12-14-29)17-24(31)26-16-23(30)27-21-15-18(2)5-10-22(21)33-3/h5-10,15H,4,11-14,16-17H2,1-3H3,(H,26,31)(H,27,30). The molecule has 0 saturated carbocycles. The summed E-state index contributed by atoms with van der Waals surface area (Å²) in [6.45, 7) is 6.42. The average molecular weight is 453 g/mol. The maximum atomic E-state index is 12.7. The van der Waals surface area contributed by atoms with Crippen LogP contribution in [0.2, 0.25) is 0 Å². The Kier molecular flexibility index (Phi) is 8.43. The summed E-state index contributed by atoms with van der Waals surface area (Å²) in [5.74, 6) is 0.0343. The van der Waals surface area contributed by atoms with Gasteiger partial charge in [-0.1, -0.05) is 25.1 Å². The van der Waals surface area contributed by atoms with Gasteiger partial charge >= 0.3 is 0 Å². The number of ether oxygens (including phenoxy) is 1. The molecule has 0 radical (unpaired) electrons. The number of rotatable bonds is 8. The van der Waals surface area contributed by atoms with Crippen molar-refractivity contribution in [2.45, 2.75) is 20.3 Å². The third kappa shape index (κ3) is 6.79. The van der Waals surface area contributed by atoms with E-state index in [0.29, 0.717) is 43.2 Å². The molecule has 8 heteroatoms. The van der Waals surface area contributed by atoms with Crippen LogP contribution >= 0.6 is 0 Å². The second kappa shape index (κ2) is 11.5. The van der Waals surface area contributed by atoms with Gasteiger partial charge in [0.15, 0.2) is 0 Å². The quantitative estimate of drug-likeness (QED) is 0.640. The Morgan fingerprint density at radius 1 is 0.970 bits per heavy atom. The number of piperazine rings is 1. The van der Waals surface area contributed by atoms with Crippen molar-refractivity contribution < 1.29 is 19.1 Å². The molecule has 1 fully saturated rings. The van der Waals surface area contributed by atoms with Crippen molar-refractivity contribution in [3.05, 3.63) is 59.2 Å². The van der Waals surface area contributed by atoms with Crippen molar-refractivity contribution in [2.24, 2.45) is 0 Å². The van der Waals surface area contributed by atoms with Crippen molar-refractivity contribution in [3.8, 4) is 5.75 Å². The molecule has 0 bridgehead atoms. The molecule has 0 spiro atoms. The van der Waals surface area contributed by atoms with Gasteiger partial charge in [0.1, 0.15) is 5.75 Å². The molecule has 2 aromatic carbocycles. The zero-order valence-electron chi connectivity index (χ0n) is 19.5. The summed E-state index contributed by atoms with van der Waals surface area (Å²) >= 11 is 0. The zero-order chi connectivity index (χ0) is 23.8. The smallest absolute Gasteiger partial charge is 0.253 e. The minimum absolute atomic E-state index is 0.0185. The van der Waals surface area contributed by atoms with Crippen molar-refractivity contribution in [2.75, 3.05) is 51.7 Å². The van der Waals surface area contributed by atoms with Crippen molar-refractivity contribution in [1.82, 2.24) is 15.1 Å². The lowest BCUT2D eigenvalue weighted by Gasteiger charge is -2.34. The van der Waals surface area contributed by atoms with Crippen LogP contribution in [0.25, 0.3) is 0 Å². The number of benzene rings is 2. The highest BCUT2D eigenvalue weighted by Crippen LogP contribution is 2.24. The molecule has 3 rings (SSSR count). The summed E-state index contributed by atoms with van der Waals surface area (Å²) in [5, 5.41) is 5.42. The van der Waals surface area contributed by atoms with Gasteiger partial charge in [-0.3, -0.25) is 19.3 Å². The van der Waals surface area contributed by atoms with Gasteiger partial charge in [-0.05, 0) is 48.7 Å². The van der Waals surface area contributed by atoms with Gasteiger partial charge < -0.3 is 20.3 Å². The summed E-state index contributed by atoms with van der Waals surface area (Å²) in [7, 11) is 1.54. The molecule has 0 unspecified atom stereocenters. The van der Waals surface area contributed by atoms with Gasteiger partial charge in [0.2, 0.25) is 11.8 Å². The number of nitrogens with zero attached hydrogens (tertiary/aromatic N) is 2. The third-order valence-corrected chi connectivity index (χ3v) is 5.71. The second-order valence-electron chi connectivity index (χ2n) is 8.15. The number of hydrogen-bond donors (Lipinski definition) is 2. The Morgan fingerprint density at radius 2 is 1.67 bits per heavy atom. The average Bonchev–Trinajstić information content (AvgIpc) is 2.83. The van der Waals surface area contributed by atoms with Gasteiger partial charge in [-0.25, -0.2) is 0 Å². The molecule has 176 valence electrons. The van der Waals surface area contributed by atoms with E-state index < -0.39 is 0 Å². The lowest BCUT2D eigenvalue weighted by Crippen LogP contribution is -2.51. The molecule has 1 aliphatic heterocycles. The lowest BCUT2D eigenvalue weighted by molar-refractivity contribution is -0.125. The minimum Gasteiger partial charge on any atom is -0.495 e. The Morgan fingerprint density at radius 3 is 2.30 bits per heavy atom. The number of anilines is 1. The van der Waals surface area contributed by atoms with Crippen LogP contribution in [0.5, 0.6) is 5.75 Å². The first kappa shape index (κ1) is 24.3. The van der Waals surface area contributed by atoms with Crippen LogP contribution in [0.1, 0.15) is 28.4 Å². The fourth-order valence-electron chi connectivity index (χ4n) is 3.73. The van der Waals surface area contributed by atoms with Crippen molar-refractivity contribution >= 4 is 23.4 Å². The lowest BCUT2D eigenvalue weighted by atomic mass is 10.1. The van der Waals surface area contributed by atoms with E-state index in [1.165, 1.54) is 12.7 Å². The van der Waals surface area contributed by atoms with Crippen LogP contribution in [-0.4, -0.2) is 73.9 Å². The summed E-state index contributed by atoms with van der Waals surface area (Å²) < 4.78 is 5.25. The van der Waals surface area contributed by atoms with E-state index in [4.69, 9.17) is 4.74 Å². The maximum absolute atomic E-state index is 12.7. The van der Waals surface area contributed by atoms with Gasteiger partial charge in [-0.15, -0.1) is 0 Å². The minimum atomic E-state index is -0.322. The molecule has 0 atom stereocenters. The maximum Gasteiger partial charge on any atom is 0.253 e. The third-order valence-electron chi connectivity index (χ3n) is 5.71. The Bertz CT molecular complexity index is 982. The van der Waals surface area contributed by atoms with Crippen LogP contribution < -0.4 is 15.4 Å². The van der Waals surface area contributed by atoms with Crippen LogP contribution in [0, 0.1) is 6.92 Å². The van der Waals surface area contributed by atoms with Crippen molar-refractivity contribution in [1.29, 1.82) is 0 Å². The Labute approximate surface area is 194 Å². The van der Waals surface area contributed by atoms with Gasteiger partial charge in [-0.2, -0.15) is 0 Å². The van der Waals surface area contributed by atoms with Gasteiger partial charge in [0.05, 0.1) is 25.9 Å². The first-order valence-corrected chi connectivity index (χ1v) is 11.2. The number of aryl methyl sites for hydroxylation is 2. The monoisotopic (exact) mass is 452 g/mol. The molecule has 0 aromatic heterocycles. The number of amides is 3. The molecule has 1 saturated heterocycles. The van der Waals surface area contributed by atoms with Crippen LogP contribution in [0.4, 0.5) is 5.69 Å². The molecule has 1 heterocycles. The Balaban J connectivity index is 1.40. The summed E-state index contributed by atoms with van der Waals surface area (Å²) in [6, 6.07) is 13.2. The first-order chi connectivity index (χ1) is 15.9. The molecule has 1 aliphatic rings. The normalized spacial score (nSPS) is 14.0. The first-order valence-electron chi connectivity index (χ1n) is 11.2. The molecule has 0 aliphatic carbocycles. The highest BCUT2D eigenvalue weighted by molar-refractivity contribution is 5.96. The number of carbonyl (C=O) groups excluding carboxylic acids is 3. The zero-order valence-corrected chi connectivity index (χ0v) is 19.5. The predicted molar refractivity (Wildman–Crippen MR) is 128 cm³/mol. The number of methoxy groups -OCH3 is 1. The number of carbonyl (C=O) groups is 3. The SMILES string of the molecule is CCc1ccc(C(=O)N2CCN(CC(=O)NCC(=O)Nc3cc(C)ccc3OC)CC2)cc1. The fourth-order valence-corrected chi connectivity index (χ4v) is 3.73. The van der Waals surface area contributed by atoms with E-state index in [-0.39, 0.29) is 30.8 Å². The highest BCUT2D eigenvalue weighted by Gasteiger charge is 2.23. The van der Waals surface area contributed by atoms with Crippen LogP contribution in [0.3, 0.4) is 0 Å². The molecular weight excluding hydrogens is 420 g/mol. The largest absolute Gasteiger partial charge is 0.495 e. The molecule has 33 heavy (non-hydrogen) atoms. The van der Waals surface area contributed by atoms with Crippen LogP contribution in [0.15, 0.2) is 42.5 Å². The van der Waals surface area contributed by atoms with E-state index in [1.54, 1.807) is 6.07 Å². The summed E-state index contributed by atoms with van der Waals surface area (Å²) in [5.41, 5.74) is 3.45. The molecule has 8 nitrogen and oxygen atoms in total. The van der Waals surface area contributed by atoms with E-state index in [9.17, 15) is 14.4 Å². The van der Waals surface area contributed by atoms with Crippen molar-refractivity contribution in [3.63, 3.8) is 0 Å². The molecule has 3 amide bonds. The second-order valence-corrected chi connectivity index (χ2v) is 8.15. The molecular formula is C25H32N4O4. The summed E-state index contributed by atoms with van der Waals surface area (Å²) in [6.07, 6.45) is 0.941. The highest BCUT2D eigenvalue weighted by atomic mass is 16.5. The Hall–Kier alpha value is -3.39. The number of nitrogens with one attached hydrogen (secondary N) is 2. The van der Waals surface area contributed by atoms with E-state index >= 15 is 0 Å². The van der Waals surface area contributed by atoms with E-state index in [1.807, 2.05) is 53.1 Å². The molecule has 2 aromatic rings. The van der Waals surface area contributed by atoms with Gasteiger partial charge in [0, 0.05) is 31.7 Å². The van der Waals surface area contributed by atoms with Gasteiger partial charge in [0.25, 0.3) is 5.91 Å². The predicted octanol–water partition coefficient (Wildman–Crippen LogP) is 2.08. The van der Waals surface area contributed by atoms with Crippen LogP contribution in [-0.2, 0) is 16.0 Å². The van der Waals surface area contributed by atoms with E-state index in [2.05, 4.69) is 17.6 Å².